The fourth-order valence-corrected chi connectivity index (χ4v) is 4.78. The molecule has 1 amide bonds. The summed E-state index contributed by atoms with van der Waals surface area (Å²) in [7, 11) is 0. The van der Waals surface area contributed by atoms with Gasteiger partial charge in [0.05, 0.1) is 18.6 Å². The molecular formula is C21H31ClN2O3. The number of anilines is 1. The standard InChI is InChI=1S/C21H30N2O3.ClH/c1-15-12-17(5-6-19(15)26-18-7-10-25-11-8-18)23-20(24)21-9-3-2-4-16(21)13-22-14-21;/h5-6,12,16,18,22H,2-4,7-11,13-14H2,1H3,(H,23,24);1H/t16-,21+;/m0./s1. The molecule has 27 heavy (non-hydrogen) atoms. The average molecular weight is 395 g/mol. The van der Waals surface area contributed by atoms with E-state index in [0.717, 1.165) is 75.4 Å². The van der Waals surface area contributed by atoms with Crippen molar-refractivity contribution >= 4 is 24.0 Å². The number of benzene rings is 1. The number of hydrogen-bond acceptors (Lipinski definition) is 4. The van der Waals surface area contributed by atoms with Gasteiger partial charge in [-0.2, -0.15) is 0 Å². The van der Waals surface area contributed by atoms with E-state index < -0.39 is 0 Å². The summed E-state index contributed by atoms with van der Waals surface area (Å²) in [5.74, 6) is 1.57. The van der Waals surface area contributed by atoms with Crippen molar-refractivity contribution in [2.75, 3.05) is 31.6 Å². The van der Waals surface area contributed by atoms with Crippen molar-refractivity contribution < 1.29 is 14.3 Å². The van der Waals surface area contributed by atoms with Crippen molar-refractivity contribution in [1.82, 2.24) is 5.32 Å². The summed E-state index contributed by atoms with van der Waals surface area (Å²) in [5.41, 5.74) is 1.72. The number of amides is 1. The number of fused-ring (bicyclic) bond motifs is 1. The van der Waals surface area contributed by atoms with E-state index in [1.165, 1.54) is 6.42 Å². The third-order valence-corrected chi connectivity index (χ3v) is 6.39. The molecule has 3 fully saturated rings. The number of carbonyl (C=O) groups excluding carboxylic acids is 1. The molecule has 1 aromatic rings. The van der Waals surface area contributed by atoms with Crippen LogP contribution in [0.1, 0.15) is 44.1 Å². The normalized spacial score (nSPS) is 28.1. The van der Waals surface area contributed by atoms with Gasteiger partial charge in [-0.1, -0.05) is 12.8 Å². The summed E-state index contributed by atoms with van der Waals surface area (Å²) in [6.45, 7) is 5.38. The topological polar surface area (TPSA) is 59.6 Å². The van der Waals surface area contributed by atoms with Crippen LogP contribution < -0.4 is 15.4 Å². The van der Waals surface area contributed by atoms with E-state index in [4.69, 9.17) is 9.47 Å². The lowest BCUT2D eigenvalue weighted by Gasteiger charge is -2.37. The van der Waals surface area contributed by atoms with Crippen molar-refractivity contribution in [3.05, 3.63) is 23.8 Å². The van der Waals surface area contributed by atoms with E-state index >= 15 is 0 Å². The Labute approximate surface area is 168 Å². The van der Waals surface area contributed by atoms with Gasteiger partial charge < -0.3 is 20.1 Å². The first kappa shape index (κ1) is 20.4. The average Bonchev–Trinajstić information content (AvgIpc) is 3.10. The van der Waals surface area contributed by atoms with E-state index in [9.17, 15) is 4.79 Å². The van der Waals surface area contributed by atoms with Gasteiger partial charge in [-0.05, 0) is 56.0 Å². The lowest BCUT2D eigenvalue weighted by molar-refractivity contribution is -0.128. The Morgan fingerprint density at radius 1 is 1.26 bits per heavy atom. The summed E-state index contributed by atoms with van der Waals surface area (Å²) in [6.07, 6.45) is 6.68. The number of rotatable bonds is 4. The van der Waals surface area contributed by atoms with Crippen LogP contribution in [0, 0.1) is 18.3 Å². The summed E-state index contributed by atoms with van der Waals surface area (Å²) < 4.78 is 11.5. The number of halogens is 1. The Balaban J connectivity index is 0.00000210. The van der Waals surface area contributed by atoms with Gasteiger partial charge in [0.2, 0.25) is 5.91 Å². The van der Waals surface area contributed by atoms with Gasteiger partial charge in [0.15, 0.2) is 0 Å². The lowest BCUT2D eigenvalue weighted by Crippen LogP contribution is -2.44. The van der Waals surface area contributed by atoms with Gasteiger partial charge in [-0.25, -0.2) is 0 Å². The van der Waals surface area contributed by atoms with E-state index in [0.29, 0.717) is 5.92 Å². The van der Waals surface area contributed by atoms with Crippen molar-refractivity contribution in [2.45, 2.75) is 51.6 Å². The molecule has 1 aliphatic carbocycles. The second-order valence-electron chi connectivity index (χ2n) is 8.09. The van der Waals surface area contributed by atoms with Crippen LogP contribution in [0.2, 0.25) is 0 Å². The van der Waals surface area contributed by atoms with E-state index in [1.54, 1.807) is 0 Å². The van der Waals surface area contributed by atoms with Crippen LogP contribution in [0.5, 0.6) is 5.75 Å². The van der Waals surface area contributed by atoms with Gasteiger partial charge >= 0.3 is 0 Å². The number of nitrogens with one attached hydrogen (secondary N) is 2. The molecule has 0 spiro atoms. The molecule has 0 bridgehead atoms. The van der Waals surface area contributed by atoms with Crippen LogP contribution in [-0.2, 0) is 9.53 Å². The molecule has 3 aliphatic rings. The fourth-order valence-electron chi connectivity index (χ4n) is 4.78. The highest BCUT2D eigenvalue weighted by Gasteiger charge is 2.49. The van der Waals surface area contributed by atoms with E-state index in [2.05, 4.69) is 10.6 Å². The third kappa shape index (κ3) is 4.25. The molecule has 2 aliphatic heterocycles. The van der Waals surface area contributed by atoms with Gasteiger partial charge in [-0.3, -0.25) is 4.79 Å². The maximum atomic E-state index is 13.1. The molecule has 1 aromatic carbocycles. The third-order valence-electron chi connectivity index (χ3n) is 6.39. The van der Waals surface area contributed by atoms with Gasteiger partial charge in [0.1, 0.15) is 11.9 Å². The van der Waals surface area contributed by atoms with Crippen LogP contribution in [0.25, 0.3) is 0 Å². The molecule has 4 rings (SSSR count). The predicted octanol–water partition coefficient (Wildman–Crippen LogP) is 3.69. The summed E-state index contributed by atoms with van der Waals surface area (Å²) in [6, 6.07) is 5.99. The zero-order valence-electron chi connectivity index (χ0n) is 16.1. The van der Waals surface area contributed by atoms with Crippen molar-refractivity contribution in [1.29, 1.82) is 0 Å². The Kier molecular flexibility index (Phi) is 6.66. The quantitative estimate of drug-likeness (QED) is 0.817. The monoisotopic (exact) mass is 394 g/mol. The summed E-state index contributed by atoms with van der Waals surface area (Å²) in [4.78, 5) is 13.1. The highest BCUT2D eigenvalue weighted by Crippen LogP contribution is 2.44. The first-order valence-electron chi connectivity index (χ1n) is 10.0. The minimum absolute atomic E-state index is 0. The van der Waals surface area contributed by atoms with Crippen LogP contribution in [-0.4, -0.2) is 38.3 Å². The largest absolute Gasteiger partial charge is 0.490 e. The number of aryl methyl sites for hydroxylation is 1. The summed E-state index contributed by atoms with van der Waals surface area (Å²) in [5, 5.41) is 6.64. The molecule has 5 nitrogen and oxygen atoms in total. The summed E-state index contributed by atoms with van der Waals surface area (Å²) >= 11 is 0. The fraction of sp³-hybridized carbons (Fsp3) is 0.667. The van der Waals surface area contributed by atoms with Crippen molar-refractivity contribution in [3.8, 4) is 5.75 Å². The molecule has 2 atom stereocenters. The van der Waals surface area contributed by atoms with Crippen molar-refractivity contribution in [3.63, 3.8) is 0 Å². The molecule has 6 heteroatoms. The van der Waals surface area contributed by atoms with Crippen LogP contribution in [0.15, 0.2) is 18.2 Å². The Bertz CT molecular complexity index is 663. The zero-order chi connectivity index (χ0) is 18.0. The zero-order valence-corrected chi connectivity index (χ0v) is 16.9. The molecule has 0 radical (unpaired) electrons. The first-order valence-corrected chi connectivity index (χ1v) is 10.0. The van der Waals surface area contributed by atoms with Gasteiger partial charge in [-0.15, -0.1) is 12.4 Å². The number of hydrogen-bond donors (Lipinski definition) is 2. The Morgan fingerprint density at radius 2 is 2.07 bits per heavy atom. The molecule has 150 valence electrons. The predicted molar refractivity (Wildman–Crippen MR) is 109 cm³/mol. The Hall–Kier alpha value is -1.30. The number of carbonyl (C=O) groups is 1. The number of ether oxygens (including phenoxy) is 2. The smallest absolute Gasteiger partial charge is 0.232 e. The van der Waals surface area contributed by atoms with Crippen LogP contribution in [0.4, 0.5) is 5.69 Å². The SMILES string of the molecule is Cc1cc(NC(=O)[C@@]23CCCC[C@H]2CNC3)ccc1OC1CCOCC1.Cl. The van der Waals surface area contributed by atoms with E-state index in [-0.39, 0.29) is 29.8 Å². The second kappa shape index (κ2) is 8.80. The van der Waals surface area contributed by atoms with Crippen LogP contribution >= 0.6 is 12.4 Å². The Morgan fingerprint density at radius 3 is 2.85 bits per heavy atom. The minimum atomic E-state index is -0.219. The molecule has 2 N–H and O–H groups in total. The second-order valence-corrected chi connectivity index (χ2v) is 8.09. The van der Waals surface area contributed by atoms with E-state index in [1.807, 2.05) is 25.1 Å². The maximum Gasteiger partial charge on any atom is 0.232 e. The van der Waals surface area contributed by atoms with Crippen LogP contribution in [0.3, 0.4) is 0 Å². The molecule has 0 aromatic heterocycles. The highest BCUT2D eigenvalue weighted by atomic mass is 35.5. The molecule has 2 saturated heterocycles. The highest BCUT2D eigenvalue weighted by molar-refractivity contribution is 5.96. The molecular weight excluding hydrogens is 364 g/mol. The van der Waals surface area contributed by atoms with Gasteiger partial charge in [0, 0.05) is 25.1 Å². The maximum absolute atomic E-state index is 13.1. The molecule has 0 unspecified atom stereocenters. The minimum Gasteiger partial charge on any atom is -0.490 e. The first-order chi connectivity index (χ1) is 12.7. The van der Waals surface area contributed by atoms with Crippen molar-refractivity contribution in [2.24, 2.45) is 11.3 Å². The molecule has 2 heterocycles. The lowest BCUT2D eigenvalue weighted by atomic mass is 9.67. The molecule has 1 saturated carbocycles. The van der Waals surface area contributed by atoms with Gasteiger partial charge in [0.25, 0.3) is 0 Å².